The summed E-state index contributed by atoms with van der Waals surface area (Å²) in [4.78, 5) is 39.0. The number of non-ortho nitro benzene ring substituents is 1. The van der Waals surface area contributed by atoms with E-state index in [0.29, 0.717) is 61.0 Å². The summed E-state index contributed by atoms with van der Waals surface area (Å²) in [6.45, 7) is 5.36. The Kier molecular flexibility index (Phi) is 8.48. The molecule has 13 heteroatoms. The lowest BCUT2D eigenvalue weighted by Crippen LogP contribution is -2.48. The largest absolute Gasteiger partial charge is 0.368 e. The van der Waals surface area contributed by atoms with Gasteiger partial charge in [-0.1, -0.05) is 35.5 Å². The Morgan fingerprint density at radius 3 is 2.24 bits per heavy atom. The van der Waals surface area contributed by atoms with Gasteiger partial charge in [-0.25, -0.2) is 9.97 Å². The highest BCUT2D eigenvalue weighted by molar-refractivity contribution is 7.98. The van der Waals surface area contributed by atoms with Crippen LogP contribution in [0.1, 0.15) is 28.8 Å². The van der Waals surface area contributed by atoms with Gasteiger partial charge in [0.05, 0.1) is 18.1 Å². The number of carbonyl (C=O) groups is 1. The normalized spacial score (nSPS) is 18.5. The number of nitrogens with zero attached hydrogens (tertiary/aromatic N) is 6. The number of amides is 1. The van der Waals surface area contributed by atoms with E-state index in [1.54, 1.807) is 18.2 Å². The van der Waals surface area contributed by atoms with Crippen molar-refractivity contribution in [1.29, 1.82) is 0 Å². The SMILES string of the molecule is O=C(c1ccc(CSc2nc(Cl)cc(N3CCC4(CC3)OCCO4)n2)cc1)N1CCN(c2ccc([N+](=O)[O-])cc2)CC1. The first-order valence-electron chi connectivity index (χ1n) is 14.0. The number of nitro groups is 1. The number of thioether (sulfide) groups is 1. The zero-order valence-corrected chi connectivity index (χ0v) is 24.6. The number of aromatic nitrogens is 2. The van der Waals surface area contributed by atoms with Gasteiger partial charge in [-0.15, -0.1) is 0 Å². The molecule has 11 nitrogen and oxygen atoms in total. The molecule has 0 N–H and O–H groups in total. The van der Waals surface area contributed by atoms with Gasteiger partial charge in [-0.2, -0.15) is 0 Å². The molecule has 1 spiro atoms. The molecular formula is C29H31ClN6O5S. The van der Waals surface area contributed by atoms with Crippen LogP contribution >= 0.6 is 23.4 Å². The summed E-state index contributed by atoms with van der Waals surface area (Å²) < 4.78 is 11.7. The van der Waals surface area contributed by atoms with Crippen LogP contribution in [-0.2, 0) is 15.2 Å². The van der Waals surface area contributed by atoms with Crippen LogP contribution in [0.2, 0.25) is 5.15 Å². The van der Waals surface area contributed by atoms with E-state index in [0.717, 1.165) is 43.0 Å². The number of ether oxygens (including phenoxy) is 2. The van der Waals surface area contributed by atoms with Crippen LogP contribution in [0.15, 0.2) is 59.8 Å². The first-order chi connectivity index (χ1) is 20.4. The molecule has 6 rings (SSSR count). The van der Waals surface area contributed by atoms with Gasteiger partial charge in [0, 0.05) is 87.3 Å². The van der Waals surface area contributed by atoms with Crippen LogP contribution < -0.4 is 9.80 Å². The number of anilines is 2. The molecular weight excluding hydrogens is 580 g/mol. The maximum atomic E-state index is 13.1. The lowest BCUT2D eigenvalue weighted by Gasteiger charge is -2.38. The third-order valence-electron chi connectivity index (χ3n) is 7.89. The maximum absolute atomic E-state index is 13.1. The van der Waals surface area contributed by atoms with E-state index >= 15 is 0 Å². The van der Waals surface area contributed by atoms with Crippen molar-refractivity contribution in [2.45, 2.75) is 29.5 Å². The number of halogens is 1. The third kappa shape index (κ3) is 6.46. The lowest BCUT2D eigenvalue weighted by atomic mass is 10.0. The molecule has 3 aliphatic heterocycles. The number of rotatable bonds is 7. The van der Waals surface area contributed by atoms with Gasteiger partial charge in [-0.3, -0.25) is 14.9 Å². The fraction of sp³-hybridized carbons (Fsp3) is 0.414. The molecule has 0 bridgehead atoms. The first kappa shape index (κ1) is 28.7. The van der Waals surface area contributed by atoms with E-state index in [2.05, 4.69) is 14.8 Å². The second-order valence-electron chi connectivity index (χ2n) is 10.5. The molecule has 0 saturated carbocycles. The van der Waals surface area contributed by atoms with Gasteiger partial charge in [-0.05, 0) is 29.8 Å². The molecule has 3 fully saturated rings. The van der Waals surface area contributed by atoms with Gasteiger partial charge in [0.1, 0.15) is 11.0 Å². The highest BCUT2D eigenvalue weighted by Crippen LogP contribution is 2.34. The molecule has 0 radical (unpaired) electrons. The van der Waals surface area contributed by atoms with Crippen molar-refractivity contribution in [3.63, 3.8) is 0 Å². The average molecular weight is 611 g/mol. The molecule has 42 heavy (non-hydrogen) atoms. The fourth-order valence-electron chi connectivity index (χ4n) is 5.50. The summed E-state index contributed by atoms with van der Waals surface area (Å²) in [5.41, 5.74) is 2.69. The molecule has 2 aromatic carbocycles. The molecule has 1 amide bonds. The standard InChI is InChI=1S/C29H31ClN6O5S/c30-25-19-26(34-11-9-29(10-12-34)40-17-18-41-29)32-28(31-25)42-20-21-1-3-22(4-2-21)27(37)35-15-13-33(14-16-35)23-5-7-24(8-6-23)36(38)39/h1-8,19H,9-18,20H2. The number of piperazine rings is 1. The van der Waals surface area contributed by atoms with Gasteiger partial charge >= 0.3 is 0 Å². The number of hydrogen-bond donors (Lipinski definition) is 0. The highest BCUT2D eigenvalue weighted by Gasteiger charge is 2.40. The van der Waals surface area contributed by atoms with Crippen LogP contribution in [0, 0.1) is 10.1 Å². The zero-order valence-electron chi connectivity index (χ0n) is 23.0. The van der Waals surface area contributed by atoms with Gasteiger partial charge in [0.2, 0.25) is 0 Å². The zero-order chi connectivity index (χ0) is 29.1. The molecule has 3 saturated heterocycles. The third-order valence-corrected chi connectivity index (χ3v) is 9.00. The Bertz CT molecular complexity index is 1420. The van der Waals surface area contributed by atoms with Crippen LogP contribution in [0.3, 0.4) is 0 Å². The predicted molar refractivity (Wildman–Crippen MR) is 160 cm³/mol. The van der Waals surface area contributed by atoms with E-state index in [1.807, 2.05) is 29.2 Å². The number of hydrogen-bond acceptors (Lipinski definition) is 10. The molecule has 4 heterocycles. The Hall–Kier alpha value is -3.45. The summed E-state index contributed by atoms with van der Waals surface area (Å²) >= 11 is 7.86. The summed E-state index contributed by atoms with van der Waals surface area (Å²) in [6, 6.07) is 16.0. The lowest BCUT2D eigenvalue weighted by molar-refractivity contribution is -0.384. The first-order valence-corrected chi connectivity index (χ1v) is 15.3. The smallest absolute Gasteiger partial charge is 0.269 e. The second-order valence-corrected chi connectivity index (χ2v) is 11.8. The summed E-state index contributed by atoms with van der Waals surface area (Å²) in [6.07, 6.45) is 1.58. The molecule has 0 aliphatic carbocycles. The monoisotopic (exact) mass is 610 g/mol. The van der Waals surface area contributed by atoms with Gasteiger partial charge in [0.25, 0.3) is 11.6 Å². The molecule has 1 aromatic heterocycles. The molecule has 3 aliphatic rings. The van der Waals surface area contributed by atoms with Crippen molar-refractivity contribution >= 4 is 46.5 Å². The van der Waals surface area contributed by atoms with Crippen molar-refractivity contribution in [3.8, 4) is 0 Å². The van der Waals surface area contributed by atoms with Crippen molar-refractivity contribution in [2.75, 3.05) is 62.3 Å². The molecule has 0 unspecified atom stereocenters. The van der Waals surface area contributed by atoms with E-state index in [9.17, 15) is 14.9 Å². The minimum absolute atomic E-state index is 0.00270. The van der Waals surface area contributed by atoms with Gasteiger partial charge in [0.15, 0.2) is 10.9 Å². The van der Waals surface area contributed by atoms with Crippen LogP contribution in [0.25, 0.3) is 0 Å². The molecule has 3 aromatic rings. The summed E-state index contributed by atoms with van der Waals surface area (Å²) in [5, 5.41) is 11.9. The molecule has 0 atom stereocenters. The average Bonchev–Trinajstić information content (AvgIpc) is 3.48. The van der Waals surface area contributed by atoms with Crippen molar-refractivity contribution in [3.05, 3.63) is 81.0 Å². The quantitative estimate of drug-likeness (QED) is 0.123. The van der Waals surface area contributed by atoms with Crippen molar-refractivity contribution in [2.24, 2.45) is 0 Å². The van der Waals surface area contributed by atoms with Crippen LogP contribution in [0.4, 0.5) is 17.2 Å². The highest BCUT2D eigenvalue weighted by atomic mass is 35.5. The molecule has 220 valence electrons. The van der Waals surface area contributed by atoms with E-state index in [-0.39, 0.29) is 11.6 Å². The van der Waals surface area contributed by atoms with Crippen molar-refractivity contribution < 1.29 is 19.2 Å². The predicted octanol–water partition coefficient (Wildman–Crippen LogP) is 4.64. The number of carbonyl (C=O) groups excluding carboxylic acids is 1. The van der Waals surface area contributed by atoms with E-state index in [1.165, 1.54) is 23.9 Å². The Labute approximate surface area is 252 Å². The Morgan fingerprint density at radius 2 is 1.60 bits per heavy atom. The second kappa shape index (κ2) is 12.4. The number of benzene rings is 2. The summed E-state index contributed by atoms with van der Waals surface area (Å²) in [5.74, 6) is 1.01. The van der Waals surface area contributed by atoms with Crippen LogP contribution in [0.5, 0.6) is 0 Å². The Morgan fingerprint density at radius 1 is 0.929 bits per heavy atom. The van der Waals surface area contributed by atoms with E-state index in [4.69, 9.17) is 26.1 Å². The number of piperidine rings is 1. The van der Waals surface area contributed by atoms with Crippen LogP contribution in [-0.4, -0.2) is 84.0 Å². The minimum atomic E-state index is -0.442. The summed E-state index contributed by atoms with van der Waals surface area (Å²) in [7, 11) is 0. The van der Waals surface area contributed by atoms with Gasteiger partial charge < -0.3 is 24.2 Å². The topological polar surface area (TPSA) is 114 Å². The minimum Gasteiger partial charge on any atom is -0.368 e. The van der Waals surface area contributed by atoms with E-state index < -0.39 is 10.7 Å². The fourth-order valence-corrected chi connectivity index (χ4v) is 6.54. The number of nitro benzene ring substituents is 1. The van der Waals surface area contributed by atoms with Crippen molar-refractivity contribution in [1.82, 2.24) is 14.9 Å². The maximum Gasteiger partial charge on any atom is 0.269 e. The Balaban J connectivity index is 1.00.